The third-order valence-corrected chi connectivity index (χ3v) is 4.26. The number of benzene rings is 2. The second-order valence-electron chi connectivity index (χ2n) is 6.10. The van der Waals surface area contributed by atoms with E-state index in [1.165, 1.54) is 12.1 Å². The van der Waals surface area contributed by atoms with Crippen LogP contribution >= 0.6 is 0 Å². The van der Waals surface area contributed by atoms with Crippen molar-refractivity contribution in [2.45, 2.75) is 31.8 Å². The Balaban J connectivity index is 2.14. The van der Waals surface area contributed by atoms with Gasteiger partial charge in [0.15, 0.2) is 5.78 Å². The molecular weight excluding hydrogens is 308 g/mol. The highest BCUT2D eigenvalue weighted by atomic mass is 16.3. The van der Waals surface area contributed by atoms with Crippen LogP contribution in [0.1, 0.15) is 24.0 Å². The fourth-order valence-corrected chi connectivity index (χ4v) is 2.92. The molecule has 0 fully saturated rings. The summed E-state index contributed by atoms with van der Waals surface area (Å²) >= 11 is 0. The zero-order valence-corrected chi connectivity index (χ0v) is 13.0. The zero-order chi connectivity index (χ0) is 17.3. The van der Waals surface area contributed by atoms with E-state index in [1.54, 1.807) is 24.3 Å². The van der Waals surface area contributed by atoms with E-state index in [2.05, 4.69) is 0 Å². The van der Waals surface area contributed by atoms with Gasteiger partial charge in [0, 0.05) is 36.8 Å². The van der Waals surface area contributed by atoms with Gasteiger partial charge < -0.3 is 15.3 Å². The molecule has 24 heavy (non-hydrogen) atoms. The van der Waals surface area contributed by atoms with Crippen LogP contribution in [0.5, 0.6) is 11.5 Å². The Morgan fingerprint density at radius 3 is 2.08 bits per heavy atom. The zero-order valence-electron chi connectivity index (χ0n) is 13.0. The minimum Gasteiger partial charge on any atom is -0.507 e. The smallest absolute Gasteiger partial charge is 0.162 e. The third-order valence-electron chi connectivity index (χ3n) is 4.26. The number of aromatic hydroxyl groups is 2. The number of carbonyl (C=O) groups excluding carboxylic acids is 2. The van der Waals surface area contributed by atoms with E-state index in [-0.39, 0.29) is 48.7 Å². The molecule has 3 N–H and O–H groups in total. The van der Waals surface area contributed by atoms with E-state index in [4.69, 9.17) is 0 Å². The van der Waals surface area contributed by atoms with Gasteiger partial charge in [-0.05, 0) is 35.4 Å². The number of aliphatic hydroxyl groups excluding tert-OH is 1. The monoisotopic (exact) mass is 326 g/mol. The summed E-state index contributed by atoms with van der Waals surface area (Å²) in [5.74, 6) is -0.507. The second kappa shape index (κ2) is 6.45. The Morgan fingerprint density at radius 2 is 1.42 bits per heavy atom. The van der Waals surface area contributed by atoms with Gasteiger partial charge in [-0.15, -0.1) is 0 Å². The number of hydrogen-bond donors (Lipinski definition) is 3. The fraction of sp³-hybridized carbons (Fsp3) is 0.263. The largest absolute Gasteiger partial charge is 0.507 e. The fourth-order valence-electron chi connectivity index (χ4n) is 2.92. The molecular formula is C19H18O5. The number of phenolic OH excluding ortho intramolecular Hbond substituents is 2. The maximum Gasteiger partial charge on any atom is 0.162 e. The molecule has 0 radical (unpaired) electrons. The predicted molar refractivity (Wildman–Crippen MR) is 87.9 cm³/mol. The molecule has 0 saturated carbocycles. The van der Waals surface area contributed by atoms with E-state index < -0.39 is 6.10 Å². The Bertz CT molecular complexity index is 809. The summed E-state index contributed by atoms with van der Waals surface area (Å²) in [5, 5.41) is 30.3. The summed E-state index contributed by atoms with van der Waals surface area (Å²) in [6.45, 7) is 0. The van der Waals surface area contributed by atoms with Gasteiger partial charge in [-0.3, -0.25) is 9.59 Å². The quantitative estimate of drug-likeness (QED) is 0.689. The Hall–Kier alpha value is -2.66. The number of rotatable bonds is 0. The molecule has 0 amide bonds. The van der Waals surface area contributed by atoms with Crippen LogP contribution in [0.3, 0.4) is 0 Å². The first-order valence-electron chi connectivity index (χ1n) is 7.80. The van der Waals surface area contributed by atoms with E-state index >= 15 is 0 Å². The average molecular weight is 326 g/mol. The Morgan fingerprint density at radius 1 is 0.833 bits per heavy atom. The molecule has 0 aliphatic heterocycles. The molecule has 3 rings (SSSR count). The highest BCUT2D eigenvalue weighted by Gasteiger charge is 2.20. The van der Waals surface area contributed by atoms with Crippen molar-refractivity contribution in [2.24, 2.45) is 0 Å². The topological polar surface area (TPSA) is 94.8 Å². The van der Waals surface area contributed by atoms with Crippen LogP contribution in [-0.2, 0) is 22.4 Å². The highest BCUT2D eigenvalue weighted by Crippen LogP contribution is 2.37. The van der Waals surface area contributed by atoms with Crippen molar-refractivity contribution >= 4 is 11.6 Å². The predicted octanol–water partition coefficient (Wildman–Crippen LogP) is 2.14. The van der Waals surface area contributed by atoms with Crippen molar-refractivity contribution in [1.82, 2.24) is 0 Å². The number of ketones is 2. The normalized spacial score (nSPS) is 18.5. The van der Waals surface area contributed by atoms with Gasteiger partial charge in [-0.25, -0.2) is 0 Å². The van der Waals surface area contributed by atoms with E-state index in [1.807, 2.05) is 0 Å². The molecule has 124 valence electrons. The molecule has 0 heterocycles. The molecule has 2 aromatic carbocycles. The standard InChI is InChI=1S/C19H18O5/c20-13-3-6-18(23)19(24)10-12-2-5-17(22)15(9-12)14-8-11(7-13)1-4-16(14)21/h1-2,4-5,8-9,19,21-22,24H,3,6-7,10H2. The summed E-state index contributed by atoms with van der Waals surface area (Å²) in [6.07, 6.45) is -0.865. The number of Topliss-reactive ketones (excluding diaryl/α,β-unsaturated/α-hetero) is 2. The van der Waals surface area contributed by atoms with Gasteiger partial charge in [-0.1, -0.05) is 12.1 Å². The summed E-state index contributed by atoms with van der Waals surface area (Å²) in [4.78, 5) is 24.0. The highest BCUT2D eigenvalue weighted by molar-refractivity contribution is 5.90. The number of hydrogen-bond acceptors (Lipinski definition) is 5. The van der Waals surface area contributed by atoms with Gasteiger partial charge in [0.25, 0.3) is 0 Å². The van der Waals surface area contributed by atoms with Crippen LogP contribution in [0.4, 0.5) is 0 Å². The summed E-state index contributed by atoms with van der Waals surface area (Å²) < 4.78 is 0. The molecule has 5 nitrogen and oxygen atoms in total. The maximum absolute atomic E-state index is 12.0. The van der Waals surface area contributed by atoms with Crippen molar-refractivity contribution in [2.75, 3.05) is 0 Å². The first-order chi connectivity index (χ1) is 11.4. The molecule has 5 heteroatoms. The van der Waals surface area contributed by atoms with E-state index in [0.29, 0.717) is 22.3 Å². The number of carbonyl (C=O) groups is 2. The molecule has 1 aliphatic carbocycles. The van der Waals surface area contributed by atoms with Crippen molar-refractivity contribution in [3.05, 3.63) is 47.5 Å². The molecule has 1 aliphatic rings. The molecule has 0 spiro atoms. The van der Waals surface area contributed by atoms with Crippen LogP contribution in [0.2, 0.25) is 0 Å². The lowest BCUT2D eigenvalue weighted by Gasteiger charge is -2.12. The Kier molecular flexibility index (Phi) is 4.36. The molecule has 0 saturated heterocycles. The minimum atomic E-state index is -1.19. The van der Waals surface area contributed by atoms with Crippen molar-refractivity contribution in [3.8, 4) is 22.6 Å². The van der Waals surface area contributed by atoms with Crippen LogP contribution in [0.25, 0.3) is 11.1 Å². The lowest BCUT2D eigenvalue weighted by molar-refractivity contribution is -0.129. The van der Waals surface area contributed by atoms with Crippen LogP contribution in [0.15, 0.2) is 36.4 Å². The van der Waals surface area contributed by atoms with E-state index in [0.717, 1.165) is 0 Å². The number of fused-ring (bicyclic) bond motifs is 5. The minimum absolute atomic E-state index is 0.00912. The summed E-state index contributed by atoms with van der Waals surface area (Å²) in [7, 11) is 0. The SMILES string of the molecule is O=C1CCC(=O)C(O)Cc2ccc(O)c(c2)-c2cc(ccc2O)C1. The number of phenols is 2. The van der Waals surface area contributed by atoms with Gasteiger partial charge in [0.05, 0.1) is 0 Å². The third kappa shape index (κ3) is 3.31. The lowest BCUT2D eigenvalue weighted by atomic mass is 9.96. The molecule has 0 aromatic heterocycles. The van der Waals surface area contributed by atoms with Crippen LogP contribution in [0, 0.1) is 0 Å². The molecule has 1 unspecified atom stereocenters. The van der Waals surface area contributed by atoms with Crippen LogP contribution < -0.4 is 0 Å². The second-order valence-corrected chi connectivity index (χ2v) is 6.10. The van der Waals surface area contributed by atoms with Gasteiger partial charge in [0.2, 0.25) is 0 Å². The summed E-state index contributed by atoms with van der Waals surface area (Å²) in [6, 6.07) is 9.55. The number of aliphatic hydroxyl groups is 1. The molecule has 2 aromatic rings. The van der Waals surface area contributed by atoms with Gasteiger partial charge in [-0.2, -0.15) is 0 Å². The average Bonchev–Trinajstić information content (AvgIpc) is 2.56. The molecule has 1 atom stereocenters. The first kappa shape index (κ1) is 16.2. The van der Waals surface area contributed by atoms with Crippen molar-refractivity contribution in [1.29, 1.82) is 0 Å². The van der Waals surface area contributed by atoms with Gasteiger partial charge >= 0.3 is 0 Å². The van der Waals surface area contributed by atoms with Crippen LogP contribution in [-0.4, -0.2) is 33.0 Å². The van der Waals surface area contributed by atoms with Crippen molar-refractivity contribution in [3.63, 3.8) is 0 Å². The maximum atomic E-state index is 12.0. The Labute approximate surface area is 139 Å². The van der Waals surface area contributed by atoms with E-state index in [9.17, 15) is 24.9 Å². The first-order valence-corrected chi connectivity index (χ1v) is 7.80. The molecule has 4 bridgehead atoms. The van der Waals surface area contributed by atoms with Gasteiger partial charge in [0.1, 0.15) is 23.4 Å². The lowest BCUT2D eigenvalue weighted by Crippen LogP contribution is -2.23. The summed E-state index contributed by atoms with van der Waals surface area (Å²) in [5.41, 5.74) is 2.18. The van der Waals surface area contributed by atoms with Crippen molar-refractivity contribution < 1.29 is 24.9 Å².